The number of nitrogens with one attached hydrogen (secondary N) is 2. The van der Waals surface area contributed by atoms with Crippen molar-refractivity contribution in [2.24, 2.45) is 0 Å². The smallest absolute Gasteiger partial charge is 0.226 e. The highest BCUT2D eigenvalue weighted by Gasteiger charge is 2.09. The molecule has 3 rings (SSSR count). The summed E-state index contributed by atoms with van der Waals surface area (Å²) in [6.07, 6.45) is 1.57. The summed E-state index contributed by atoms with van der Waals surface area (Å²) < 4.78 is 0. The van der Waals surface area contributed by atoms with Gasteiger partial charge in [0.2, 0.25) is 5.28 Å². The Kier molecular flexibility index (Phi) is 2.83. The average molecular weight is 274 g/mol. The zero-order valence-corrected chi connectivity index (χ0v) is 11.3. The summed E-state index contributed by atoms with van der Waals surface area (Å²) in [5.74, 6) is 0.621. The van der Waals surface area contributed by atoms with E-state index in [0.29, 0.717) is 11.5 Å². The van der Waals surface area contributed by atoms with Crippen LogP contribution < -0.4 is 5.32 Å². The van der Waals surface area contributed by atoms with Crippen LogP contribution in [-0.2, 0) is 0 Å². The monoisotopic (exact) mass is 273 g/mol. The van der Waals surface area contributed by atoms with E-state index in [1.54, 1.807) is 6.33 Å². The van der Waals surface area contributed by atoms with Crippen LogP contribution in [0.2, 0.25) is 5.28 Å². The fraction of sp³-hybridized carbons (Fsp3) is 0.154. The number of halogens is 1. The van der Waals surface area contributed by atoms with Gasteiger partial charge in [-0.15, -0.1) is 0 Å². The van der Waals surface area contributed by atoms with Gasteiger partial charge in [0.15, 0.2) is 11.5 Å². The van der Waals surface area contributed by atoms with Crippen LogP contribution in [0.5, 0.6) is 0 Å². The minimum atomic E-state index is 0.172. The number of hydrogen-bond donors (Lipinski definition) is 2. The Balaban J connectivity index is 2.04. The number of H-pyrrole nitrogens is 1. The first-order valence-corrected chi connectivity index (χ1v) is 6.22. The Hall–Kier alpha value is -2.14. The van der Waals surface area contributed by atoms with Crippen LogP contribution in [0.25, 0.3) is 11.2 Å². The van der Waals surface area contributed by atoms with Crippen molar-refractivity contribution in [2.45, 2.75) is 13.8 Å². The lowest BCUT2D eigenvalue weighted by molar-refractivity contribution is 1.20. The van der Waals surface area contributed by atoms with Gasteiger partial charge >= 0.3 is 0 Å². The molecule has 19 heavy (non-hydrogen) atoms. The number of anilines is 2. The number of aromatic amines is 1. The molecule has 0 aliphatic carbocycles. The molecule has 0 bridgehead atoms. The zero-order chi connectivity index (χ0) is 13.4. The molecule has 1 aromatic carbocycles. The lowest BCUT2D eigenvalue weighted by Crippen LogP contribution is -1.97. The van der Waals surface area contributed by atoms with Crippen LogP contribution in [-0.4, -0.2) is 19.9 Å². The molecule has 0 unspecified atom stereocenters. The molecule has 0 amide bonds. The molecule has 0 aliphatic rings. The Bertz CT molecular complexity index is 750. The fourth-order valence-corrected chi connectivity index (χ4v) is 2.02. The molecule has 2 heterocycles. The third-order valence-electron chi connectivity index (χ3n) is 3.03. The maximum absolute atomic E-state index is 5.89. The van der Waals surface area contributed by atoms with Crippen LogP contribution >= 0.6 is 11.6 Å². The van der Waals surface area contributed by atoms with Crippen molar-refractivity contribution in [2.75, 3.05) is 5.32 Å². The second-order valence-electron chi connectivity index (χ2n) is 4.37. The van der Waals surface area contributed by atoms with Gasteiger partial charge in [0.05, 0.1) is 6.33 Å². The third kappa shape index (κ3) is 2.24. The van der Waals surface area contributed by atoms with E-state index in [0.717, 1.165) is 11.2 Å². The average Bonchev–Trinajstić information content (AvgIpc) is 2.82. The molecule has 0 aliphatic heterocycles. The lowest BCUT2D eigenvalue weighted by Gasteiger charge is -2.08. The third-order valence-corrected chi connectivity index (χ3v) is 3.20. The molecule has 96 valence electrons. The first-order chi connectivity index (χ1) is 9.13. The Morgan fingerprint density at radius 3 is 2.79 bits per heavy atom. The number of hydrogen-bond acceptors (Lipinski definition) is 4. The minimum Gasteiger partial charge on any atom is -0.340 e. The standard InChI is InChI=1S/C13H12ClN5/c1-7-3-4-9(5-8(7)2)17-12-10-11(16-6-15-10)18-13(14)19-12/h3-6H,1-2H3,(H2,15,16,17,18,19). The predicted molar refractivity (Wildman–Crippen MR) is 75.9 cm³/mol. The highest BCUT2D eigenvalue weighted by molar-refractivity contribution is 6.28. The highest BCUT2D eigenvalue weighted by atomic mass is 35.5. The Morgan fingerprint density at radius 1 is 1.16 bits per heavy atom. The van der Waals surface area contributed by atoms with Gasteiger partial charge in [-0.25, -0.2) is 4.98 Å². The number of benzene rings is 1. The molecule has 3 aromatic rings. The summed E-state index contributed by atoms with van der Waals surface area (Å²) in [5.41, 5.74) is 4.70. The second-order valence-corrected chi connectivity index (χ2v) is 4.70. The maximum atomic E-state index is 5.89. The first-order valence-electron chi connectivity index (χ1n) is 5.84. The Labute approximate surface area is 115 Å². The van der Waals surface area contributed by atoms with Crippen molar-refractivity contribution in [1.29, 1.82) is 0 Å². The molecule has 6 heteroatoms. The maximum Gasteiger partial charge on any atom is 0.226 e. The number of fused-ring (bicyclic) bond motifs is 1. The van der Waals surface area contributed by atoms with Crippen molar-refractivity contribution >= 4 is 34.3 Å². The first kappa shape index (κ1) is 11.9. The van der Waals surface area contributed by atoms with E-state index >= 15 is 0 Å². The molecule has 5 nitrogen and oxygen atoms in total. The van der Waals surface area contributed by atoms with Crippen molar-refractivity contribution in [3.05, 3.63) is 40.9 Å². The van der Waals surface area contributed by atoms with Gasteiger partial charge in [-0.1, -0.05) is 6.07 Å². The second kappa shape index (κ2) is 4.51. The summed E-state index contributed by atoms with van der Waals surface area (Å²) in [5, 5.41) is 3.41. The zero-order valence-electron chi connectivity index (χ0n) is 10.5. The van der Waals surface area contributed by atoms with Gasteiger partial charge in [-0.2, -0.15) is 9.97 Å². The number of aromatic nitrogens is 4. The van der Waals surface area contributed by atoms with Gasteiger partial charge < -0.3 is 10.3 Å². The molecule has 0 saturated carbocycles. The number of aryl methyl sites for hydroxylation is 2. The number of nitrogens with zero attached hydrogens (tertiary/aromatic N) is 3. The van der Waals surface area contributed by atoms with Crippen molar-refractivity contribution in [3.63, 3.8) is 0 Å². The molecule has 0 saturated heterocycles. The predicted octanol–water partition coefficient (Wildman–Crippen LogP) is 3.37. The minimum absolute atomic E-state index is 0.172. The summed E-state index contributed by atoms with van der Waals surface area (Å²) in [7, 11) is 0. The molecular weight excluding hydrogens is 262 g/mol. The quantitative estimate of drug-likeness (QED) is 0.703. The van der Waals surface area contributed by atoms with E-state index in [9.17, 15) is 0 Å². The van der Waals surface area contributed by atoms with E-state index in [-0.39, 0.29) is 5.28 Å². The Morgan fingerprint density at radius 2 is 2.00 bits per heavy atom. The van der Waals surface area contributed by atoms with Crippen molar-refractivity contribution in [1.82, 2.24) is 19.9 Å². The summed E-state index contributed by atoms with van der Waals surface area (Å²) >= 11 is 5.89. The van der Waals surface area contributed by atoms with E-state index in [1.165, 1.54) is 11.1 Å². The van der Waals surface area contributed by atoms with Gasteiger partial charge in [-0.05, 0) is 48.7 Å². The van der Waals surface area contributed by atoms with Crippen LogP contribution in [0.15, 0.2) is 24.5 Å². The van der Waals surface area contributed by atoms with Gasteiger partial charge in [0, 0.05) is 5.69 Å². The fourth-order valence-electron chi connectivity index (χ4n) is 1.85. The van der Waals surface area contributed by atoms with E-state index in [2.05, 4.69) is 51.2 Å². The molecule has 2 N–H and O–H groups in total. The van der Waals surface area contributed by atoms with Gasteiger partial charge in [0.25, 0.3) is 0 Å². The van der Waals surface area contributed by atoms with Crippen molar-refractivity contribution < 1.29 is 0 Å². The molecule has 2 aromatic heterocycles. The normalized spacial score (nSPS) is 10.9. The highest BCUT2D eigenvalue weighted by Crippen LogP contribution is 2.23. The number of rotatable bonds is 2. The SMILES string of the molecule is Cc1ccc(Nc2nc(Cl)nc3nc[nH]c23)cc1C. The number of imidazole rings is 1. The summed E-state index contributed by atoms with van der Waals surface area (Å²) in [6, 6.07) is 6.12. The topological polar surface area (TPSA) is 66.5 Å². The summed E-state index contributed by atoms with van der Waals surface area (Å²) in [4.78, 5) is 15.3. The van der Waals surface area contributed by atoms with Crippen LogP contribution in [0.3, 0.4) is 0 Å². The summed E-state index contributed by atoms with van der Waals surface area (Å²) in [6.45, 7) is 4.15. The van der Waals surface area contributed by atoms with E-state index in [1.807, 2.05) is 6.07 Å². The van der Waals surface area contributed by atoms with Gasteiger partial charge in [-0.3, -0.25) is 0 Å². The van der Waals surface area contributed by atoms with Crippen molar-refractivity contribution in [3.8, 4) is 0 Å². The van der Waals surface area contributed by atoms with Crippen LogP contribution in [0, 0.1) is 13.8 Å². The van der Waals surface area contributed by atoms with Gasteiger partial charge in [0.1, 0.15) is 5.52 Å². The van der Waals surface area contributed by atoms with Crippen LogP contribution in [0.4, 0.5) is 11.5 Å². The molecule has 0 spiro atoms. The molecule has 0 fully saturated rings. The van der Waals surface area contributed by atoms with E-state index < -0.39 is 0 Å². The van der Waals surface area contributed by atoms with Crippen LogP contribution in [0.1, 0.15) is 11.1 Å². The molecular formula is C13H12ClN5. The molecule has 0 atom stereocenters. The largest absolute Gasteiger partial charge is 0.340 e. The van der Waals surface area contributed by atoms with E-state index in [4.69, 9.17) is 11.6 Å². The molecule has 0 radical (unpaired) electrons. The lowest BCUT2D eigenvalue weighted by atomic mass is 10.1.